The molecule has 1 saturated carbocycles. The van der Waals surface area contributed by atoms with E-state index in [1.807, 2.05) is 0 Å². The molecule has 136 valence electrons. The molecule has 2 atom stereocenters. The summed E-state index contributed by atoms with van der Waals surface area (Å²) in [5, 5.41) is 5.43. The van der Waals surface area contributed by atoms with E-state index >= 15 is 0 Å². The number of hydrogen-bond acceptors (Lipinski definition) is 4. The second-order valence-electron chi connectivity index (χ2n) is 6.09. The molecule has 1 aliphatic carbocycles. The zero-order valence-corrected chi connectivity index (χ0v) is 15.3. The zero-order valence-electron chi connectivity index (χ0n) is 13.8. The number of imide groups is 1. The molecule has 2 N–H and O–H groups in total. The van der Waals surface area contributed by atoms with Crippen LogP contribution < -0.4 is 10.6 Å². The zero-order chi connectivity index (χ0) is 18.4. The van der Waals surface area contributed by atoms with Gasteiger partial charge in [0.1, 0.15) is 0 Å². The third-order valence-electron chi connectivity index (χ3n) is 4.16. The van der Waals surface area contributed by atoms with Crippen molar-refractivity contribution in [2.24, 2.45) is 5.92 Å². The van der Waals surface area contributed by atoms with Crippen LogP contribution in [0.3, 0.4) is 0 Å². The summed E-state index contributed by atoms with van der Waals surface area (Å²) in [5.74, 6) is -1.13. The van der Waals surface area contributed by atoms with Crippen molar-refractivity contribution >= 4 is 41.1 Å². The highest BCUT2D eigenvalue weighted by molar-refractivity contribution is 6.35. The first-order valence-corrected chi connectivity index (χ1v) is 8.85. The van der Waals surface area contributed by atoms with Gasteiger partial charge < -0.3 is 10.1 Å². The molecule has 0 radical (unpaired) electrons. The minimum Gasteiger partial charge on any atom is -0.452 e. The fourth-order valence-electron chi connectivity index (χ4n) is 2.76. The standard InChI is InChI=1S/C17H20Cl2N2O4/c1-10-4-2-3-5-14(10)20-17(24)21-15(22)9-25-16(23)12-8-11(18)6-7-13(12)19/h6-8,10,14H,2-5,9H2,1H3,(H2,20,21,22,24)/t10-,14+/m0/s1. The maximum Gasteiger partial charge on any atom is 0.340 e. The van der Waals surface area contributed by atoms with E-state index in [0.29, 0.717) is 10.9 Å². The van der Waals surface area contributed by atoms with E-state index in [0.717, 1.165) is 25.7 Å². The van der Waals surface area contributed by atoms with Gasteiger partial charge in [-0.05, 0) is 37.0 Å². The van der Waals surface area contributed by atoms with Gasteiger partial charge in [0, 0.05) is 11.1 Å². The van der Waals surface area contributed by atoms with Crippen LogP contribution in [0.2, 0.25) is 10.0 Å². The van der Waals surface area contributed by atoms with Crippen molar-refractivity contribution in [3.8, 4) is 0 Å². The minimum atomic E-state index is -0.788. The molecule has 8 heteroatoms. The first-order chi connectivity index (χ1) is 11.9. The molecule has 25 heavy (non-hydrogen) atoms. The normalized spacial score (nSPS) is 19.8. The first-order valence-electron chi connectivity index (χ1n) is 8.09. The number of halogens is 2. The number of urea groups is 1. The van der Waals surface area contributed by atoms with Gasteiger partial charge in [-0.2, -0.15) is 0 Å². The lowest BCUT2D eigenvalue weighted by Gasteiger charge is -2.29. The fraction of sp³-hybridized carbons (Fsp3) is 0.471. The van der Waals surface area contributed by atoms with Crippen molar-refractivity contribution in [2.75, 3.05) is 6.61 Å². The Morgan fingerprint density at radius 1 is 1.20 bits per heavy atom. The molecule has 0 aromatic heterocycles. The maximum absolute atomic E-state index is 11.9. The molecule has 0 saturated heterocycles. The summed E-state index contributed by atoms with van der Waals surface area (Å²) in [7, 11) is 0. The Kier molecular flexibility index (Phi) is 7.08. The maximum atomic E-state index is 11.9. The number of carbonyl (C=O) groups is 3. The van der Waals surface area contributed by atoms with Crippen molar-refractivity contribution < 1.29 is 19.1 Å². The molecule has 0 unspecified atom stereocenters. The summed E-state index contributed by atoms with van der Waals surface area (Å²) in [6.07, 6.45) is 4.16. The Morgan fingerprint density at radius 3 is 2.64 bits per heavy atom. The molecule has 1 aliphatic rings. The number of esters is 1. The quantitative estimate of drug-likeness (QED) is 0.774. The summed E-state index contributed by atoms with van der Waals surface area (Å²) in [6, 6.07) is 3.81. The Morgan fingerprint density at radius 2 is 1.92 bits per heavy atom. The van der Waals surface area contributed by atoms with E-state index in [1.54, 1.807) is 0 Å². The molecule has 1 aromatic carbocycles. The van der Waals surface area contributed by atoms with Crippen LogP contribution in [0, 0.1) is 5.92 Å². The molecule has 0 bridgehead atoms. The van der Waals surface area contributed by atoms with E-state index in [1.165, 1.54) is 18.2 Å². The molecule has 0 heterocycles. The predicted molar refractivity (Wildman–Crippen MR) is 94.8 cm³/mol. The Bertz CT molecular complexity index is 666. The van der Waals surface area contributed by atoms with Crippen molar-refractivity contribution in [3.63, 3.8) is 0 Å². The van der Waals surface area contributed by atoms with Crippen LogP contribution in [0.1, 0.15) is 43.0 Å². The molecule has 0 aliphatic heterocycles. The van der Waals surface area contributed by atoms with Gasteiger partial charge in [-0.3, -0.25) is 10.1 Å². The topological polar surface area (TPSA) is 84.5 Å². The predicted octanol–water partition coefficient (Wildman–Crippen LogP) is 3.55. The lowest BCUT2D eigenvalue weighted by molar-refractivity contribution is -0.123. The molecule has 6 nitrogen and oxygen atoms in total. The highest BCUT2D eigenvalue weighted by Gasteiger charge is 2.23. The smallest absolute Gasteiger partial charge is 0.340 e. The Balaban J connectivity index is 1.79. The SMILES string of the molecule is C[C@H]1CCCC[C@H]1NC(=O)NC(=O)COC(=O)c1cc(Cl)ccc1Cl. The Labute approximate surface area is 156 Å². The minimum absolute atomic E-state index is 0.0503. The lowest BCUT2D eigenvalue weighted by atomic mass is 9.86. The van der Waals surface area contributed by atoms with Crippen LogP contribution in [0.4, 0.5) is 4.79 Å². The number of nitrogens with one attached hydrogen (secondary N) is 2. The van der Waals surface area contributed by atoms with Crippen molar-refractivity contribution in [1.29, 1.82) is 0 Å². The van der Waals surface area contributed by atoms with Crippen molar-refractivity contribution in [3.05, 3.63) is 33.8 Å². The van der Waals surface area contributed by atoms with Crippen LogP contribution in [-0.4, -0.2) is 30.6 Å². The lowest BCUT2D eigenvalue weighted by Crippen LogP contribution is -2.48. The molecule has 3 amide bonds. The van der Waals surface area contributed by atoms with Gasteiger partial charge in [0.25, 0.3) is 5.91 Å². The molecular weight excluding hydrogens is 367 g/mol. The highest BCUT2D eigenvalue weighted by atomic mass is 35.5. The molecule has 1 fully saturated rings. The number of benzene rings is 1. The van der Waals surface area contributed by atoms with Crippen LogP contribution in [-0.2, 0) is 9.53 Å². The molecule has 1 aromatic rings. The van der Waals surface area contributed by atoms with Gasteiger partial charge >= 0.3 is 12.0 Å². The van der Waals surface area contributed by atoms with Gasteiger partial charge in [0.15, 0.2) is 6.61 Å². The van der Waals surface area contributed by atoms with Crippen LogP contribution >= 0.6 is 23.2 Å². The number of ether oxygens (including phenoxy) is 1. The summed E-state index contributed by atoms with van der Waals surface area (Å²) in [4.78, 5) is 35.5. The van der Waals surface area contributed by atoms with E-state index in [9.17, 15) is 14.4 Å². The van der Waals surface area contributed by atoms with Gasteiger partial charge in [0.05, 0.1) is 10.6 Å². The van der Waals surface area contributed by atoms with Gasteiger partial charge in [-0.15, -0.1) is 0 Å². The van der Waals surface area contributed by atoms with Crippen LogP contribution in [0.25, 0.3) is 0 Å². The van der Waals surface area contributed by atoms with Crippen molar-refractivity contribution in [2.45, 2.75) is 38.6 Å². The second-order valence-corrected chi connectivity index (χ2v) is 6.93. The van der Waals surface area contributed by atoms with Gasteiger partial charge in [0.2, 0.25) is 0 Å². The average molecular weight is 387 g/mol. The van der Waals surface area contributed by atoms with E-state index in [-0.39, 0.29) is 16.6 Å². The molecule has 2 rings (SSSR count). The largest absolute Gasteiger partial charge is 0.452 e. The third-order valence-corrected chi connectivity index (χ3v) is 4.73. The van der Waals surface area contributed by atoms with Crippen molar-refractivity contribution in [1.82, 2.24) is 10.6 Å². The molecular formula is C17H20Cl2N2O4. The van der Waals surface area contributed by atoms with E-state index < -0.39 is 24.5 Å². The number of hydrogen-bond donors (Lipinski definition) is 2. The second kappa shape index (κ2) is 9.06. The monoisotopic (exact) mass is 386 g/mol. The average Bonchev–Trinajstić information content (AvgIpc) is 2.57. The van der Waals surface area contributed by atoms with E-state index in [2.05, 4.69) is 17.6 Å². The number of amides is 3. The Hall–Kier alpha value is -1.79. The first kappa shape index (κ1) is 19.5. The third kappa shape index (κ3) is 5.90. The summed E-state index contributed by atoms with van der Waals surface area (Å²) >= 11 is 11.7. The van der Waals surface area contributed by atoms with Gasteiger partial charge in [-0.1, -0.05) is 43.0 Å². The van der Waals surface area contributed by atoms with Gasteiger partial charge in [-0.25, -0.2) is 9.59 Å². The fourth-order valence-corrected chi connectivity index (χ4v) is 3.13. The van der Waals surface area contributed by atoms with E-state index in [4.69, 9.17) is 27.9 Å². The highest BCUT2D eigenvalue weighted by Crippen LogP contribution is 2.23. The summed E-state index contributed by atoms with van der Waals surface area (Å²) < 4.78 is 4.86. The van der Waals surface area contributed by atoms with Crippen LogP contribution in [0.15, 0.2) is 18.2 Å². The molecule has 0 spiro atoms. The summed E-state index contributed by atoms with van der Waals surface area (Å²) in [5.41, 5.74) is 0.0578. The number of carbonyl (C=O) groups excluding carboxylic acids is 3. The summed E-state index contributed by atoms with van der Waals surface area (Å²) in [6.45, 7) is 1.48. The number of rotatable bonds is 4. The van der Waals surface area contributed by atoms with Crippen LogP contribution in [0.5, 0.6) is 0 Å².